The number of para-hydroxylation sites is 2. The van der Waals surface area contributed by atoms with Crippen molar-refractivity contribution in [3.8, 4) is 0 Å². The third-order valence-electron chi connectivity index (χ3n) is 10.9. The van der Waals surface area contributed by atoms with Crippen molar-refractivity contribution < 1.29 is 43.5 Å². The summed E-state index contributed by atoms with van der Waals surface area (Å²) in [7, 11) is 0. The fourth-order valence-electron chi connectivity index (χ4n) is 8.19. The number of β-lactam (4-membered cyclic amide) rings is 1. The summed E-state index contributed by atoms with van der Waals surface area (Å²) < 4.78 is 18.5. The van der Waals surface area contributed by atoms with Crippen LogP contribution in [0.1, 0.15) is 25.0 Å². The van der Waals surface area contributed by atoms with E-state index in [0.717, 1.165) is 0 Å². The van der Waals surface area contributed by atoms with Crippen LogP contribution in [0.4, 0.5) is 16.2 Å². The predicted molar refractivity (Wildman–Crippen MR) is 217 cm³/mol. The maximum absolute atomic E-state index is 15.4. The van der Waals surface area contributed by atoms with Crippen molar-refractivity contribution in [3.05, 3.63) is 171 Å². The molecule has 1 amide bonds. The number of carbonyl (C=O) groups is 3. The molecule has 0 aromatic heterocycles. The Morgan fingerprint density at radius 3 is 1.55 bits per heavy atom. The molecule has 1 saturated heterocycles. The first-order chi connectivity index (χ1) is 27.9. The molecule has 1 aliphatic heterocycles. The number of esters is 1. The van der Waals surface area contributed by atoms with Gasteiger partial charge in [-0.2, -0.15) is 0 Å². The summed E-state index contributed by atoms with van der Waals surface area (Å²) in [5.74, 6) is -1.86. The number of hydrogen-bond donors (Lipinski definition) is 1. The number of ether oxygens (including phenoxy) is 3. The summed E-state index contributed by atoms with van der Waals surface area (Å²) in [6, 6.07) is 38.3. The second-order valence-corrected chi connectivity index (χ2v) is 19.1. The molecule has 0 spiro atoms. The number of amides is 1. The molecule has 0 bridgehead atoms. The molecule has 3 unspecified atom stereocenters. The van der Waals surface area contributed by atoms with Gasteiger partial charge in [-0.3, -0.25) is 0 Å². The van der Waals surface area contributed by atoms with E-state index in [9.17, 15) is 34.9 Å². The monoisotopic (exact) mass is 807 g/mol. The van der Waals surface area contributed by atoms with Crippen molar-refractivity contribution in [2.24, 2.45) is 11.3 Å². The number of rotatable bonds is 16. The second-order valence-electron chi connectivity index (χ2n) is 14.3. The van der Waals surface area contributed by atoms with Gasteiger partial charge in [-0.05, 0) is 0 Å². The quantitative estimate of drug-likeness (QED) is 0.0394. The van der Waals surface area contributed by atoms with Gasteiger partial charge in [-0.1, -0.05) is 0 Å². The molecule has 14 nitrogen and oxygen atoms in total. The molecule has 58 heavy (non-hydrogen) atoms. The van der Waals surface area contributed by atoms with Crippen LogP contribution in [0.15, 0.2) is 140 Å². The molecule has 15 heteroatoms. The normalized spacial score (nSPS) is 17.5. The minimum atomic E-state index is -4.68. The summed E-state index contributed by atoms with van der Waals surface area (Å²) >= 11 is 0. The summed E-state index contributed by atoms with van der Waals surface area (Å²) in [5.41, 5.74) is -1.58. The van der Waals surface area contributed by atoms with Crippen molar-refractivity contribution in [1.82, 2.24) is 4.67 Å². The number of benzene rings is 5. The van der Waals surface area contributed by atoms with Crippen LogP contribution in [-0.4, -0.2) is 63.1 Å². The van der Waals surface area contributed by atoms with E-state index in [2.05, 4.69) is 0 Å². The van der Waals surface area contributed by atoms with Gasteiger partial charge < -0.3 is 0 Å². The Bertz CT molecular complexity index is 2210. The van der Waals surface area contributed by atoms with Crippen molar-refractivity contribution in [1.29, 1.82) is 0 Å². The third kappa shape index (κ3) is 7.16. The number of aliphatic hydroxyl groups excluding tert-OH is 1. The van der Waals surface area contributed by atoms with Crippen LogP contribution in [-0.2, 0) is 37.0 Å². The first kappa shape index (κ1) is 41.1. The molecule has 1 N–H and O–H groups in total. The fraction of sp³-hybridized carbons (Fsp3) is 0.233. The van der Waals surface area contributed by atoms with Crippen LogP contribution >= 0.6 is 6.75 Å². The van der Waals surface area contributed by atoms with E-state index in [4.69, 9.17) is 14.2 Å². The van der Waals surface area contributed by atoms with E-state index in [-0.39, 0.29) is 35.3 Å². The molecule has 1 heterocycles. The first-order valence-electron chi connectivity index (χ1n) is 18.4. The molecule has 5 aromatic carbocycles. The Kier molecular flexibility index (Phi) is 12.0. The zero-order valence-electron chi connectivity index (χ0n) is 31.8. The number of hydrogen-bond acceptors (Lipinski definition) is 11. The van der Waals surface area contributed by atoms with Crippen molar-refractivity contribution in [2.45, 2.75) is 33.1 Å². The van der Waals surface area contributed by atoms with E-state index >= 15 is 4.79 Å². The summed E-state index contributed by atoms with van der Waals surface area (Å²) in [5, 5.41) is 36.1. The van der Waals surface area contributed by atoms with Crippen LogP contribution in [0.5, 0.6) is 0 Å². The molecule has 1 fully saturated rings. The predicted octanol–water partition coefficient (Wildman–Crippen LogP) is 6.19. The number of nitro groups is 2. The average molecular weight is 808 g/mol. The molecular weight excluding hydrogens is 765 g/mol. The molecule has 5 aromatic rings. The number of carbonyl (C=O) groups excluding carboxylic acids is 3. The molecule has 0 aliphatic carbocycles. The van der Waals surface area contributed by atoms with E-state index < -0.39 is 71.8 Å². The summed E-state index contributed by atoms with van der Waals surface area (Å²) in [6.07, 6.45) is -1.55. The SMILES string of the molecule is CC(CO)C1N(P(CC(=O)OCc2ccccc2[N+](=O)[O-])(c2ccccc2)(c2ccccc2)c2ccccc2)C(=O)C1(C)COC(=O)OCc1ccccc1[N+](=O)[O-]. The maximum atomic E-state index is 15.4. The minimum absolute atomic E-state index is 0.146. The Morgan fingerprint density at radius 2 is 1.12 bits per heavy atom. The van der Waals surface area contributed by atoms with Gasteiger partial charge in [0, 0.05) is 0 Å². The van der Waals surface area contributed by atoms with Gasteiger partial charge in [0.2, 0.25) is 0 Å². The first-order valence-corrected chi connectivity index (χ1v) is 20.8. The van der Waals surface area contributed by atoms with E-state index in [0.29, 0.717) is 15.9 Å². The molecule has 300 valence electrons. The van der Waals surface area contributed by atoms with Gasteiger partial charge >= 0.3 is 335 Å². The Hall–Kier alpha value is -6.50. The zero-order valence-corrected chi connectivity index (χ0v) is 32.7. The number of nitro benzene ring substituents is 2. The van der Waals surface area contributed by atoms with Gasteiger partial charge in [0.15, 0.2) is 0 Å². The van der Waals surface area contributed by atoms with Crippen LogP contribution in [0.2, 0.25) is 0 Å². The van der Waals surface area contributed by atoms with Gasteiger partial charge in [-0.25, -0.2) is 0 Å². The Balaban J connectivity index is 1.47. The molecule has 3 atom stereocenters. The van der Waals surface area contributed by atoms with Crippen LogP contribution in [0, 0.1) is 31.6 Å². The Labute approximate surface area is 334 Å². The van der Waals surface area contributed by atoms with Gasteiger partial charge in [0.05, 0.1) is 0 Å². The standard InChI is InChI=1S/C43H42N3O11P/c1-31(26-47)40-43(2,30-57-42(50)56-28-33-17-13-15-25-38(33)46(53)54)41(49)44(40)58(34-18-6-3-7-19-34,35-20-8-4-9-21-35,36-22-10-5-11-23-36)29-39(48)55-27-32-16-12-14-24-37(32)45(51)52/h3-25,31,40,47H,26-30H2,1-2H3. The van der Waals surface area contributed by atoms with Crippen LogP contribution in [0.25, 0.3) is 0 Å². The molecule has 0 radical (unpaired) electrons. The van der Waals surface area contributed by atoms with E-state index in [1.807, 2.05) is 91.0 Å². The van der Waals surface area contributed by atoms with Crippen LogP contribution < -0.4 is 15.9 Å². The molecule has 0 saturated carbocycles. The molecular formula is C43H42N3O11P. The van der Waals surface area contributed by atoms with Gasteiger partial charge in [-0.15, -0.1) is 0 Å². The molecule has 6 rings (SSSR count). The molecule has 1 aliphatic rings. The van der Waals surface area contributed by atoms with Gasteiger partial charge in [0.1, 0.15) is 0 Å². The number of aliphatic hydroxyl groups is 1. The summed E-state index contributed by atoms with van der Waals surface area (Å²) in [6.45, 7) is -3.04. The second kappa shape index (κ2) is 16.9. The average Bonchev–Trinajstić information content (AvgIpc) is 3.26. The summed E-state index contributed by atoms with van der Waals surface area (Å²) in [4.78, 5) is 65.4. The number of nitrogens with zero attached hydrogens (tertiary/aromatic N) is 3. The van der Waals surface area contributed by atoms with E-state index in [1.54, 1.807) is 30.7 Å². The third-order valence-corrected chi connectivity index (χ3v) is 17.4. The van der Waals surface area contributed by atoms with E-state index in [1.165, 1.54) is 36.4 Å². The van der Waals surface area contributed by atoms with Crippen LogP contribution in [0.3, 0.4) is 0 Å². The van der Waals surface area contributed by atoms with Crippen molar-refractivity contribution >= 4 is 52.1 Å². The fourth-order valence-corrected chi connectivity index (χ4v) is 15.2. The van der Waals surface area contributed by atoms with Crippen molar-refractivity contribution in [2.75, 3.05) is 19.4 Å². The Morgan fingerprint density at radius 1 is 0.707 bits per heavy atom. The van der Waals surface area contributed by atoms with Gasteiger partial charge in [0.25, 0.3) is 0 Å². The zero-order chi connectivity index (χ0) is 41.5. The topological polar surface area (TPSA) is 189 Å². The van der Waals surface area contributed by atoms with Crippen molar-refractivity contribution in [3.63, 3.8) is 0 Å².